The molecule has 0 spiro atoms. The van der Waals surface area contributed by atoms with Crippen LogP contribution in [0.25, 0.3) is 11.1 Å². The minimum absolute atomic E-state index is 0.0252. The molecular weight excluding hydrogens is 494 g/mol. The molecule has 1 heterocycles. The number of hydrogen-bond donors (Lipinski definition) is 2. The topological polar surface area (TPSA) is 98.0 Å². The molecule has 1 atom stereocenters. The normalized spacial score (nSPS) is 13.0. The number of carboxylic acid groups (broad SMARTS) is 1. The SMILES string of the molecule is CC(C)c1ccc(OCc2ccc(CC(NC(=O)OCC3c4ccccc4-c4ccccc43)C(=O)O)o2)cc1. The van der Waals surface area contributed by atoms with Gasteiger partial charge in [-0.15, -0.1) is 0 Å². The molecule has 0 saturated heterocycles. The zero-order valence-corrected chi connectivity index (χ0v) is 21.9. The second-order valence-corrected chi connectivity index (χ2v) is 9.95. The monoisotopic (exact) mass is 525 g/mol. The highest BCUT2D eigenvalue weighted by Crippen LogP contribution is 2.44. The fourth-order valence-electron chi connectivity index (χ4n) is 4.90. The minimum atomic E-state index is -1.20. The number of rotatable bonds is 10. The number of hydrogen-bond acceptors (Lipinski definition) is 5. The average Bonchev–Trinajstić information content (AvgIpc) is 3.52. The second-order valence-electron chi connectivity index (χ2n) is 9.95. The predicted molar refractivity (Wildman–Crippen MR) is 147 cm³/mol. The van der Waals surface area contributed by atoms with Gasteiger partial charge in [0.05, 0.1) is 0 Å². The van der Waals surface area contributed by atoms with E-state index < -0.39 is 18.1 Å². The van der Waals surface area contributed by atoms with Gasteiger partial charge in [-0.2, -0.15) is 0 Å². The summed E-state index contributed by atoms with van der Waals surface area (Å²) in [6.45, 7) is 4.57. The van der Waals surface area contributed by atoms with Gasteiger partial charge in [-0.1, -0.05) is 74.5 Å². The summed E-state index contributed by atoms with van der Waals surface area (Å²) in [7, 11) is 0. The fourth-order valence-corrected chi connectivity index (χ4v) is 4.90. The molecule has 0 saturated carbocycles. The van der Waals surface area contributed by atoms with Gasteiger partial charge in [0.1, 0.15) is 36.5 Å². The highest BCUT2D eigenvalue weighted by molar-refractivity contribution is 5.81. The molecule has 3 aromatic carbocycles. The summed E-state index contributed by atoms with van der Waals surface area (Å²) >= 11 is 0. The molecule has 39 heavy (non-hydrogen) atoms. The maximum atomic E-state index is 12.6. The Balaban J connectivity index is 1.15. The molecule has 2 N–H and O–H groups in total. The fraction of sp³-hybridized carbons (Fsp3) is 0.250. The van der Waals surface area contributed by atoms with Gasteiger partial charge in [-0.05, 0) is 58.0 Å². The maximum absolute atomic E-state index is 12.6. The van der Waals surface area contributed by atoms with Crippen molar-refractivity contribution in [2.24, 2.45) is 0 Å². The summed E-state index contributed by atoms with van der Waals surface area (Å²) in [4.78, 5) is 24.5. The van der Waals surface area contributed by atoms with E-state index in [1.807, 2.05) is 60.7 Å². The van der Waals surface area contributed by atoms with Crippen LogP contribution in [-0.4, -0.2) is 29.8 Å². The Bertz CT molecular complexity index is 1410. The average molecular weight is 526 g/mol. The molecule has 0 radical (unpaired) electrons. The van der Waals surface area contributed by atoms with Crippen LogP contribution in [-0.2, 0) is 22.6 Å². The van der Waals surface area contributed by atoms with E-state index in [9.17, 15) is 14.7 Å². The van der Waals surface area contributed by atoms with Gasteiger partial charge >= 0.3 is 12.1 Å². The largest absolute Gasteiger partial charge is 0.486 e. The zero-order valence-electron chi connectivity index (χ0n) is 21.9. The van der Waals surface area contributed by atoms with E-state index in [1.54, 1.807) is 12.1 Å². The van der Waals surface area contributed by atoms with E-state index in [1.165, 1.54) is 5.56 Å². The number of benzene rings is 3. The van der Waals surface area contributed by atoms with E-state index in [0.717, 1.165) is 28.0 Å². The van der Waals surface area contributed by atoms with Gasteiger partial charge < -0.3 is 24.3 Å². The van der Waals surface area contributed by atoms with Crippen LogP contribution in [0.1, 0.15) is 53.9 Å². The summed E-state index contributed by atoms with van der Waals surface area (Å²) in [5, 5.41) is 12.2. The highest BCUT2D eigenvalue weighted by Gasteiger charge is 2.30. The van der Waals surface area contributed by atoms with Crippen molar-refractivity contribution in [3.8, 4) is 16.9 Å². The first kappa shape index (κ1) is 26.1. The Morgan fingerprint density at radius 3 is 2.10 bits per heavy atom. The molecule has 0 aliphatic heterocycles. The summed E-state index contributed by atoms with van der Waals surface area (Å²) in [5.74, 6) is 0.857. The lowest BCUT2D eigenvalue weighted by Crippen LogP contribution is -2.42. The standard InChI is InChI=1S/C32H31NO6/c1-20(2)21-11-13-22(14-12-21)37-18-24-16-15-23(39-24)17-30(31(34)35)33-32(36)38-19-29-27-9-5-3-7-25(27)26-8-4-6-10-28(26)29/h3-16,20,29-30H,17-19H2,1-2H3,(H,33,36)(H,34,35). The van der Waals surface area contributed by atoms with Crippen molar-refractivity contribution in [2.75, 3.05) is 6.61 Å². The number of carboxylic acids is 1. The molecule has 1 aliphatic rings. The van der Waals surface area contributed by atoms with Crippen LogP contribution in [0.2, 0.25) is 0 Å². The zero-order chi connectivity index (χ0) is 27.4. The summed E-state index contributed by atoms with van der Waals surface area (Å²) in [5.41, 5.74) is 5.64. The number of fused-ring (bicyclic) bond motifs is 3. The molecule has 0 fully saturated rings. The number of amides is 1. The van der Waals surface area contributed by atoms with Gasteiger partial charge in [0.15, 0.2) is 0 Å². The number of aliphatic carboxylic acids is 1. The molecule has 1 aliphatic carbocycles. The van der Waals surface area contributed by atoms with Crippen LogP contribution in [0.4, 0.5) is 4.79 Å². The number of carbonyl (C=O) groups is 2. The molecule has 4 aromatic rings. The van der Waals surface area contributed by atoms with Crippen LogP contribution >= 0.6 is 0 Å². The van der Waals surface area contributed by atoms with Crippen molar-refractivity contribution in [2.45, 2.75) is 44.8 Å². The Labute approximate surface area is 227 Å². The van der Waals surface area contributed by atoms with Crippen molar-refractivity contribution in [3.63, 3.8) is 0 Å². The first-order valence-electron chi connectivity index (χ1n) is 13.0. The first-order chi connectivity index (χ1) is 18.9. The van der Waals surface area contributed by atoms with E-state index >= 15 is 0 Å². The minimum Gasteiger partial charge on any atom is -0.486 e. The molecule has 1 aromatic heterocycles. The Morgan fingerprint density at radius 1 is 0.872 bits per heavy atom. The number of furan rings is 1. The number of carbonyl (C=O) groups excluding carboxylic acids is 1. The van der Waals surface area contributed by atoms with E-state index in [0.29, 0.717) is 17.4 Å². The Morgan fingerprint density at radius 2 is 1.49 bits per heavy atom. The molecular formula is C32H31NO6. The second kappa shape index (κ2) is 11.5. The molecule has 5 rings (SSSR count). The van der Waals surface area contributed by atoms with Crippen molar-refractivity contribution in [1.82, 2.24) is 5.32 Å². The summed E-state index contributed by atoms with van der Waals surface area (Å²) in [6, 6.07) is 26.2. The third-order valence-corrected chi connectivity index (χ3v) is 6.98. The molecule has 1 amide bonds. The molecule has 1 unspecified atom stereocenters. The Hall–Kier alpha value is -4.52. The van der Waals surface area contributed by atoms with Crippen LogP contribution in [0.3, 0.4) is 0 Å². The van der Waals surface area contributed by atoms with Gasteiger partial charge in [0.25, 0.3) is 0 Å². The van der Waals surface area contributed by atoms with Gasteiger partial charge in [-0.25, -0.2) is 9.59 Å². The van der Waals surface area contributed by atoms with Crippen LogP contribution < -0.4 is 10.1 Å². The van der Waals surface area contributed by atoms with E-state index in [-0.39, 0.29) is 25.6 Å². The highest BCUT2D eigenvalue weighted by atomic mass is 16.5. The maximum Gasteiger partial charge on any atom is 0.407 e. The third-order valence-electron chi connectivity index (χ3n) is 6.98. The molecule has 0 bridgehead atoms. The number of alkyl carbamates (subject to hydrolysis) is 1. The number of nitrogens with one attached hydrogen (secondary N) is 1. The van der Waals surface area contributed by atoms with Crippen LogP contribution in [0.5, 0.6) is 5.75 Å². The predicted octanol–water partition coefficient (Wildman–Crippen LogP) is 6.52. The Kier molecular flexibility index (Phi) is 7.68. The first-order valence-corrected chi connectivity index (χ1v) is 13.0. The lowest BCUT2D eigenvalue weighted by molar-refractivity contribution is -0.139. The van der Waals surface area contributed by atoms with Crippen molar-refractivity contribution in [1.29, 1.82) is 0 Å². The molecule has 7 heteroatoms. The van der Waals surface area contributed by atoms with Crippen molar-refractivity contribution in [3.05, 3.63) is 113 Å². The smallest absolute Gasteiger partial charge is 0.407 e. The van der Waals surface area contributed by atoms with E-state index in [2.05, 4.69) is 31.3 Å². The van der Waals surface area contributed by atoms with Gasteiger partial charge in [0.2, 0.25) is 0 Å². The van der Waals surface area contributed by atoms with Crippen LogP contribution in [0, 0.1) is 0 Å². The quantitative estimate of drug-likeness (QED) is 0.245. The lowest BCUT2D eigenvalue weighted by Gasteiger charge is -2.17. The summed E-state index contributed by atoms with van der Waals surface area (Å²) < 4.78 is 17.1. The third kappa shape index (κ3) is 5.98. The summed E-state index contributed by atoms with van der Waals surface area (Å²) in [6.07, 6.45) is -0.813. The van der Waals surface area contributed by atoms with Crippen LogP contribution in [0.15, 0.2) is 89.3 Å². The molecule has 7 nitrogen and oxygen atoms in total. The van der Waals surface area contributed by atoms with Gasteiger partial charge in [0, 0.05) is 12.3 Å². The lowest BCUT2D eigenvalue weighted by atomic mass is 9.98. The van der Waals surface area contributed by atoms with Crippen molar-refractivity contribution >= 4 is 12.1 Å². The molecule has 200 valence electrons. The van der Waals surface area contributed by atoms with Crippen molar-refractivity contribution < 1.29 is 28.6 Å². The number of ether oxygens (including phenoxy) is 2. The van der Waals surface area contributed by atoms with E-state index in [4.69, 9.17) is 13.9 Å². The van der Waals surface area contributed by atoms with Gasteiger partial charge in [-0.3, -0.25) is 0 Å².